The SMILES string of the molecule is CN1CCCCS(=O)(=O)NC(=O)c2ccc3c(C4CCCCC4)c4n(c3c2)C[C@H](COc2ccccc2-4)N(C)CC1. The van der Waals surface area contributed by atoms with E-state index in [0.29, 0.717) is 24.5 Å². The average molecular weight is 579 g/mol. The smallest absolute Gasteiger partial charge is 0.264 e. The fourth-order valence-electron chi connectivity index (χ4n) is 6.85. The van der Waals surface area contributed by atoms with E-state index in [-0.39, 0.29) is 11.8 Å². The molecule has 1 N–H and O–H groups in total. The lowest BCUT2D eigenvalue weighted by atomic mass is 9.81. The number of nitrogens with zero attached hydrogens (tertiary/aromatic N) is 3. The van der Waals surface area contributed by atoms with Gasteiger partial charge >= 0.3 is 0 Å². The molecule has 0 spiro atoms. The molecule has 220 valence electrons. The Kier molecular flexibility index (Phi) is 8.12. The predicted molar refractivity (Wildman–Crippen MR) is 163 cm³/mol. The van der Waals surface area contributed by atoms with Gasteiger partial charge in [-0.3, -0.25) is 9.69 Å². The molecule has 3 aliphatic rings. The second-order valence-electron chi connectivity index (χ2n) is 12.1. The highest BCUT2D eigenvalue weighted by Crippen LogP contribution is 2.47. The maximum Gasteiger partial charge on any atom is 0.264 e. The van der Waals surface area contributed by atoms with E-state index < -0.39 is 15.9 Å². The zero-order valence-corrected chi connectivity index (χ0v) is 25.1. The van der Waals surface area contributed by atoms with E-state index in [1.165, 1.54) is 30.5 Å². The number of hydrogen-bond acceptors (Lipinski definition) is 6. The van der Waals surface area contributed by atoms with Crippen LogP contribution in [0.3, 0.4) is 0 Å². The third kappa shape index (κ3) is 5.90. The topological polar surface area (TPSA) is 83.9 Å². The highest BCUT2D eigenvalue weighted by atomic mass is 32.2. The number of fused-ring (bicyclic) bond motifs is 4. The number of carbonyl (C=O) groups is 1. The first kappa shape index (κ1) is 28.2. The van der Waals surface area contributed by atoms with E-state index in [2.05, 4.69) is 51.4 Å². The molecule has 1 amide bonds. The third-order valence-electron chi connectivity index (χ3n) is 9.25. The Hall–Kier alpha value is -2.88. The van der Waals surface area contributed by atoms with E-state index in [1.54, 1.807) is 6.07 Å². The van der Waals surface area contributed by atoms with Crippen molar-refractivity contribution in [3.8, 4) is 17.0 Å². The summed E-state index contributed by atoms with van der Waals surface area (Å²) in [6.45, 7) is 3.84. The number of aromatic nitrogens is 1. The molecule has 1 atom stereocenters. The van der Waals surface area contributed by atoms with Gasteiger partial charge < -0.3 is 14.2 Å². The summed E-state index contributed by atoms with van der Waals surface area (Å²) in [5, 5.41) is 1.15. The zero-order chi connectivity index (χ0) is 28.6. The number of benzene rings is 2. The van der Waals surface area contributed by atoms with Crippen LogP contribution in [0.25, 0.3) is 22.2 Å². The molecule has 1 saturated carbocycles. The molecule has 2 aromatic carbocycles. The van der Waals surface area contributed by atoms with Crippen molar-refractivity contribution in [1.29, 1.82) is 0 Å². The Morgan fingerprint density at radius 2 is 1.73 bits per heavy atom. The summed E-state index contributed by atoms with van der Waals surface area (Å²) in [6.07, 6.45) is 7.25. The molecule has 1 fully saturated rings. The third-order valence-corrected chi connectivity index (χ3v) is 10.6. The van der Waals surface area contributed by atoms with Crippen molar-refractivity contribution in [2.75, 3.05) is 46.1 Å². The number of para-hydroxylation sites is 1. The van der Waals surface area contributed by atoms with E-state index in [9.17, 15) is 13.2 Å². The highest BCUT2D eigenvalue weighted by molar-refractivity contribution is 7.90. The van der Waals surface area contributed by atoms with Crippen LogP contribution in [0.15, 0.2) is 42.5 Å². The van der Waals surface area contributed by atoms with Crippen molar-refractivity contribution in [2.24, 2.45) is 0 Å². The summed E-state index contributed by atoms with van der Waals surface area (Å²) < 4.78 is 36.9. The normalized spacial score (nSPS) is 23.4. The van der Waals surface area contributed by atoms with Crippen molar-refractivity contribution in [1.82, 2.24) is 19.1 Å². The largest absolute Gasteiger partial charge is 0.491 e. The molecule has 3 aromatic rings. The monoisotopic (exact) mass is 578 g/mol. The Balaban J connectivity index is 1.55. The van der Waals surface area contributed by atoms with Gasteiger partial charge in [0, 0.05) is 41.7 Å². The van der Waals surface area contributed by atoms with Gasteiger partial charge in [0.05, 0.1) is 17.5 Å². The van der Waals surface area contributed by atoms with E-state index >= 15 is 0 Å². The van der Waals surface area contributed by atoms with Crippen LogP contribution in [0.1, 0.15) is 66.8 Å². The minimum Gasteiger partial charge on any atom is -0.491 e. The average Bonchev–Trinajstić information content (AvgIpc) is 3.27. The molecule has 9 heteroatoms. The van der Waals surface area contributed by atoms with Gasteiger partial charge in [-0.25, -0.2) is 13.1 Å². The van der Waals surface area contributed by atoms with Gasteiger partial charge in [-0.15, -0.1) is 0 Å². The minimum atomic E-state index is -3.72. The summed E-state index contributed by atoms with van der Waals surface area (Å²) in [6, 6.07) is 14.2. The summed E-state index contributed by atoms with van der Waals surface area (Å²) in [5.41, 5.74) is 4.97. The van der Waals surface area contributed by atoms with Crippen LogP contribution < -0.4 is 9.46 Å². The van der Waals surface area contributed by atoms with E-state index in [0.717, 1.165) is 67.7 Å². The molecule has 8 nitrogen and oxygen atoms in total. The zero-order valence-electron chi connectivity index (χ0n) is 24.3. The molecule has 1 aliphatic carbocycles. The maximum atomic E-state index is 13.3. The van der Waals surface area contributed by atoms with Crippen LogP contribution in [-0.2, 0) is 16.6 Å². The van der Waals surface area contributed by atoms with E-state index in [4.69, 9.17) is 4.74 Å². The van der Waals surface area contributed by atoms with Gasteiger partial charge in [0.1, 0.15) is 12.4 Å². The molecule has 3 heterocycles. The number of carbonyl (C=O) groups excluding carboxylic acids is 1. The first-order valence-electron chi connectivity index (χ1n) is 15.1. The Morgan fingerprint density at radius 3 is 2.56 bits per heavy atom. The van der Waals surface area contributed by atoms with Gasteiger partial charge in [0.25, 0.3) is 5.91 Å². The van der Waals surface area contributed by atoms with Crippen LogP contribution in [0.4, 0.5) is 0 Å². The van der Waals surface area contributed by atoms with E-state index in [1.807, 2.05) is 18.2 Å². The number of likely N-dealkylation sites (N-methyl/N-ethyl adjacent to an activating group) is 2. The molecule has 0 unspecified atom stereocenters. The summed E-state index contributed by atoms with van der Waals surface area (Å²) in [7, 11) is 0.528. The van der Waals surface area contributed by atoms with Gasteiger partial charge in [0.15, 0.2) is 0 Å². The van der Waals surface area contributed by atoms with Crippen molar-refractivity contribution >= 4 is 26.8 Å². The van der Waals surface area contributed by atoms with Crippen molar-refractivity contribution in [3.05, 3.63) is 53.6 Å². The van der Waals surface area contributed by atoms with Gasteiger partial charge in [0.2, 0.25) is 10.0 Å². The summed E-state index contributed by atoms with van der Waals surface area (Å²) in [5.74, 6) is 0.694. The van der Waals surface area contributed by atoms with Crippen LogP contribution in [0, 0.1) is 0 Å². The summed E-state index contributed by atoms with van der Waals surface area (Å²) in [4.78, 5) is 17.9. The second-order valence-corrected chi connectivity index (χ2v) is 14.0. The fourth-order valence-corrected chi connectivity index (χ4v) is 7.94. The van der Waals surface area contributed by atoms with Crippen molar-refractivity contribution in [3.63, 3.8) is 0 Å². The lowest BCUT2D eigenvalue weighted by Crippen LogP contribution is -2.44. The van der Waals surface area contributed by atoms with Crippen LogP contribution in [-0.4, -0.2) is 80.8 Å². The minimum absolute atomic E-state index is 0.0583. The van der Waals surface area contributed by atoms with Gasteiger partial charge in [-0.2, -0.15) is 0 Å². The van der Waals surface area contributed by atoms with Gasteiger partial charge in [-0.1, -0.05) is 37.5 Å². The molecule has 0 radical (unpaired) electrons. The summed E-state index contributed by atoms with van der Waals surface area (Å²) >= 11 is 0. The van der Waals surface area contributed by atoms with Crippen LogP contribution in [0.5, 0.6) is 5.75 Å². The quantitative estimate of drug-likeness (QED) is 0.445. The molecular formula is C32H42N4O4S. The number of hydrogen-bond donors (Lipinski definition) is 1. The number of amides is 1. The van der Waals surface area contributed by atoms with Crippen LogP contribution in [0.2, 0.25) is 0 Å². The first-order valence-corrected chi connectivity index (χ1v) is 16.8. The van der Waals surface area contributed by atoms with Crippen molar-refractivity contribution < 1.29 is 17.9 Å². The lowest BCUT2D eigenvalue weighted by Gasteiger charge is -2.33. The van der Waals surface area contributed by atoms with Crippen LogP contribution >= 0.6 is 0 Å². The molecule has 6 rings (SSSR count). The Morgan fingerprint density at radius 1 is 0.927 bits per heavy atom. The highest BCUT2D eigenvalue weighted by Gasteiger charge is 2.32. The molecule has 1 aromatic heterocycles. The number of sulfonamides is 1. The maximum absolute atomic E-state index is 13.3. The predicted octanol–water partition coefficient (Wildman–Crippen LogP) is 4.83. The van der Waals surface area contributed by atoms with Gasteiger partial charge in [-0.05, 0) is 82.1 Å². The lowest BCUT2D eigenvalue weighted by molar-refractivity contribution is 0.0981. The molecule has 4 bridgehead atoms. The number of nitrogens with one attached hydrogen (secondary N) is 1. The fraction of sp³-hybridized carbons (Fsp3) is 0.531. The Labute approximate surface area is 243 Å². The number of ether oxygens (including phenoxy) is 1. The molecule has 41 heavy (non-hydrogen) atoms. The molecule has 2 aliphatic heterocycles. The molecule has 0 saturated heterocycles. The second kappa shape index (κ2) is 11.8. The van der Waals surface area contributed by atoms with Crippen molar-refractivity contribution in [2.45, 2.75) is 63.5 Å². The molecular weight excluding hydrogens is 536 g/mol. The first-order chi connectivity index (χ1) is 19.8. The Bertz CT molecular complexity index is 1530. The standard InChI is InChI=1S/C32H42N4O4S/c1-34-16-8-9-19-41(38,39)33-32(37)24-14-15-26-28(20-24)36-21-25(35(2)18-17-34)22-40-29-13-7-6-12-27(29)31(36)30(26)23-10-4-3-5-11-23/h6-7,12-15,20,23,25H,3-5,8-11,16-19,21-22H2,1-2H3,(H,33,37)/t25-/m1/s1. The number of rotatable bonds is 1.